The van der Waals surface area contributed by atoms with E-state index in [1.54, 1.807) is 36.4 Å². The number of benzene rings is 3. The summed E-state index contributed by atoms with van der Waals surface area (Å²) in [6, 6.07) is 23.6. The van der Waals surface area contributed by atoms with Gasteiger partial charge in [-0.3, -0.25) is 0 Å². The Kier molecular flexibility index (Phi) is 5.16. The molecule has 4 nitrogen and oxygen atoms in total. The highest BCUT2D eigenvalue weighted by Crippen LogP contribution is 2.21. The second kappa shape index (κ2) is 7.51. The van der Waals surface area contributed by atoms with E-state index in [4.69, 9.17) is 0 Å². The number of anilines is 1. The Morgan fingerprint density at radius 3 is 1.92 bits per heavy atom. The van der Waals surface area contributed by atoms with Crippen molar-refractivity contribution in [1.82, 2.24) is 5.43 Å². The van der Waals surface area contributed by atoms with Gasteiger partial charge in [0, 0.05) is 12.2 Å². The molecule has 0 bridgehead atoms. The molecule has 0 saturated heterocycles. The summed E-state index contributed by atoms with van der Waals surface area (Å²) in [7, 11) is -3.47. The summed E-state index contributed by atoms with van der Waals surface area (Å²) >= 11 is 0. The maximum absolute atomic E-state index is 12.6. The Balaban J connectivity index is 1.66. The monoisotopic (exact) mass is 352 g/mol. The number of rotatable bonds is 6. The first kappa shape index (κ1) is 17.2. The van der Waals surface area contributed by atoms with Crippen LogP contribution in [0.3, 0.4) is 0 Å². The lowest BCUT2D eigenvalue weighted by Gasteiger charge is -2.09. The van der Waals surface area contributed by atoms with Crippen molar-refractivity contribution < 1.29 is 8.42 Å². The van der Waals surface area contributed by atoms with Crippen LogP contribution in [-0.4, -0.2) is 8.42 Å². The number of aryl methyl sites for hydroxylation is 1. The van der Waals surface area contributed by atoms with Gasteiger partial charge in [-0.05, 0) is 48.9 Å². The Hall–Kier alpha value is -2.63. The van der Waals surface area contributed by atoms with Gasteiger partial charge in [0.2, 0.25) is 9.84 Å². The summed E-state index contributed by atoms with van der Waals surface area (Å²) in [6.07, 6.45) is 0. The second-order valence-electron chi connectivity index (χ2n) is 5.81. The average Bonchev–Trinajstić information content (AvgIpc) is 2.63. The van der Waals surface area contributed by atoms with Gasteiger partial charge in [0.05, 0.1) is 9.79 Å². The fraction of sp³-hybridized carbons (Fsp3) is 0.100. The highest BCUT2D eigenvalue weighted by atomic mass is 32.2. The zero-order chi connectivity index (χ0) is 17.7. The maximum Gasteiger partial charge on any atom is 0.206 e. The van der Waals surface area contributed by atoms with Gasteiger partial charge in [-0.15, -0.1) is 0 Å². The number of hydrogen-bond acceptors (Lipinski definition) is 4. The van der Waals surface area contributed by atoms with Crippen molar-refractivity contribution in [2.24, 2.45) is 0 Å². The van der Waals surface area contributed by atoms with Crippen LogP contribution in [0.25, 0.3) is 0 Å². The van der Waals surface area contributed by atoms with Crippen LogP contribution in [0.5, 0.6) is 0 Å². The van der Waals surface area contributed by atoms with Crippen LogP contribution in [0, 0.1) is 6.92 Å². The molecule has 3 aromatic carbocycles. The van der Waals surface area contributed by atoms with Crippen LogP contribution in [0.2, 0.25) is 0 Å². The van der Waals surface area contributed by atoms with Gasteiger partial charge in [-0.25, -0.2) is 13.8 Å². The first-order chi connectivity index (χ1) is 12.1. The van der Waals surface area contributed by atoms with Gasteiger partial charge in [-0.2, -0.15) is 0 Å². The molecule has 0 aromatic heterocycles. The van der Waals surface area contributed by atoms with Crippen molar-refractivity contribution in [3.05, 3.63) is 90.0 Å². The topological polar surface area (TPSA) is 58.2 Å². The van der Waals surface area contributed by atoms with Gasteiger partial charge in [0.15, 0.2) is 0 Å². The SMILES string of the molecule is Cc1ccc(S(=O)(=O)c2ccc(CNNc3ccccc3)cc2)cc1. The molecule has 0 radical (unpaired) electrons. The van der Waals surface area contributed by atoms with Gasteiger partial charge >= 0.3 is 0 Å². The minimum absolute atomic E-state index is 0.302. The quantitative estimate of drug-likeness (QED) is 0.660. The summed E-state index contributed by atoms with van der Waals surface area (Å²) < 4.78 is 25.3. The Labute approximate surface area is 148 Å². The van der Waals surface area contributed by atoms with Crippen LogP contribution in [-0.2, 0) is 16.4 Å². The fourth-order valence-corrected chi connectivity index (χ4v) is 3.67. The molecule has 128 valence electrons. The smallest absolute Gasteiger partial charge is 0.206 e. The molecule has 5 heteroatoms. The number of nitrogens with one attached hydrogen (secondary N) is 2. The van der Waals surface area contributed by atoms with E-state index in [1.165, 1.54) is 0 Å². The first-order valence-corrected chi connectivity index (χ1v) is 9.49. The van der Waals surface area contributed by atoms with Gasteiger partial charge < -0.3 is 5.43 Å². The standard InChI is InChI=1S/C20H20N2O2S/c1-16-7-11-19(12-8-16)25(23,24)20-13-9-17(10-14-20)15-21-22-18-5-3-2-4-6-18/h2-14,21-22H,15H2,1H3. The molecule has 0 aliphatic rings. The van der Waals surface area contributed by atoms with E-state index in [9.17, 15) is 8.42 Å². The molecule has 0 amide bonds. The third-order valence-corrected chi connectivity index (χ3v) is 5.65. The van der Waals surface area contributed by atoms with Crippen LogP contribution in [0.4, 0.5) is 5.69 Å². The van der Waals surface area contributed by atoms with Crippen molar-refractivity contribution in [2.45, 2.75) is 23.3 Å². The van der Waals surface area contributed by atoms with E-state index >= 15 is 0 Å². The molecule has 0 unspecified atom stereocenters. The van der Waals surface area contributed by atoms with Crippen LogP contribution < -0.4 is 10.9 Å². The van der Waals surface area contributed by atoms with E-state index in [2.05, 4.69) is 10.9 Å². The first-order valence-electron chi connectivity index (χ1n) is 8.00. The van der Waals surface area contributed by atoms with E-state index in [0.717, 1.165) is 16.8 Å². The third-order valence-electron chi connectivity index (χ3n) is 3.86. The van der Waals surface area contributed by atoms with E-state index in [0.29, 0.717) is 16.3 Å². The molecule has 0 aliphatic carbocycles. The lowest BCUT2D eigenvalue weighted by Crippen LogP contribution is -2.20. The number of sulfone groups is 1. The molecule has 25 heavy (non-hydrogen) atoms. The highest BCUT2D eigenvalue weighted by molar-refractivity contribution is 7.91. The van der Waals surface area contributed by atoms with Gasteiger partial charge in [-0.1, -0.05) is 48.0 Å². The van der Waals surface area contributed by atoms with Crippen molar-refractivity contribution in [3.63, 3.8) is 0 Å². The lowest BCUT2D eigenvalue weighted by molar-refractivity contribution is 0.596. The molecular weight excluding hydrogens is 332 g/mol. The molecular formula is C20H20N2O2S. The summed E-state index contributed by atoms with van der Waals surface area (Å²) in [5, 5.41) is 0. The second-order valence-corrected chi connectivity index (χ2v) is 7.75. The highest BCUT2D eigenvalue weighted by Gasteiger charge is 2.16. The summed E-state index contributed by atoms with van der Waals surface area (Å²) in [6.45, 7) is 2.52. The van der Waals surface area contributed by atoms with Gasteiger partial charge in [0.25, 0.3) is 0 Å². The predicted octanol–water partition coefficient (Wildman–Crippen LogP) is 3.94. The molecule has 0 spiro atoms. The number of para-hydroxylation sites is 1. The summed E-state index contributed by atoms with van der Waals surface area (Å²) in [5.74, 6) is 0. The van der Waals surface area contributed by atoms with Crippen molar-refractivity contribution >= 4 is 15.5 Å². The molecule has 0 aliphatic heterocycles. The van der Waals surface area contributed by atoms with Crippen LogP contribution in [0.1, 0.15) is 11.1 Å². The fourth-order valence-electron chi connectivity index (χ4n) is 2.41. The van der Waals surface area contributed by atoms with Crippen molar-refractivity contribution in [3.8, 4) is 0 Å². The van der Waals surface area contributed by atoms with Crippen LogP contribution >= 0.6 is 0 Å². The lowest BCUT2D eigenvalue weighted by atomic mass is 10.2. The molecule has 0 atom stereocenters. The molecule has 0 saturated carbocycles. The zero-order valence-electron chi connectivity index (χ0n) is 13.9. The minimum atomic E-state index is -3.47. The van der Waals surface area contributed by atoms with E-state index < -0.39 is 9.84 Å². The largest absolute Gasteiger partial charge is 0.321 e. The average molecular weight is 352 g/mol. The minimum Gasteiger partial charge on any atom is -0.321 e. The maximum atomic E-state index is 12.6. The van der Waals surface area contributed by atoms with Crippen molar-refractivity contribution in [2.75, 3.05) is 5.43 Å². The Morgan fingerprint density at radius 1 is 0.760 bits per heavy atom. The third kappa shape index (κ3) is 4.26. The van der Waals surface area contributed by atoms with Crippen LogP contribution in [0.15, 0.2) is 88.7 Å². The number of hydrogen-bond donors (Lipinski definition) is 2. The van der Waals surface area contributed by atoms with Gasteiger partial charge in [0.1, 0.15) is 0 Å². The Bertz CT molecular complexity index is 920. The molecule has 2 N–H and O–H groups in total. The summed E-state index contributed by atoms with van der Waals surface area (Å²) in [4.78, 5) is 0.617. The zero-order valence-corrected chi connectivity index (χ0v) is 14.8. The molecule has 0 fully saturated rings. The molecule has 3 aromatic rings. The van der Waals surface area contributed by atoms with E-state index in [1.807, 2.05) is 49.4 Å². The normalized spacial score (nSPS) is 11.2. The Morgan fingerprint density at radius 2 is 1.32 bits per heavy atom. The molecule has 0 heterocycles. The van der Waals surface area contributed by atoms with E-state index in [-0.39, 0.29) is 0 Å². The van der Waals surface area contributed by atoms with Crippen molar-refractivity contribution in [1.29, 1.82) is 0 Å². The molecule has 3 rings (SSSR count). The summed E-state index contributed by atoms with van der Waals surface area (Å²) in [5.41, 5.74) is 9.21. The number of hydrazine groups is 1. The predicted molar refractivity (Wildman–Crippen MR) is 100.0 cm³/mol.